The van der Waals surface area contributed by atoms with Gasteiger partial charge in [0.2, 0.25) is 0 Å². The van der Waals surface area contributed by atoms with Crippen molar-refractivity contribution in [2.24, 2.45) is 0 Å². The molecule has 0 N–H and O–H groups in total. The highest BCUT2D eigenvalue weighted by molar-refractivity contribution is 5.02. The summed E-state index contributed by atoms with van der Waals surface area (Å²) in [6, 6.07) is 0.624. The molecule has 2 heterocycles. The van der Waals surface area contributed by atoms with Crippen LogP contribution in [0.5, 0.6) is 0 Å². The maximum atomic E-state index is 6.07. The third-order valence-electron chi connectivity index (χ3n) is 4.12. The fourth-order valence-electron chi connectivity index (χ4n) is 3.34. The van der Waals surface area contributed by atoms with E-state index in [9.17, 15) is 0 Å². The second-order valence-corrected chi connectivity index (χ2v) is 6.89. The van der Waals surface area contributed by atoms with E-state index in [0.717, 1.165) is 31.3 Å². The van der Waals surface area contributed by atoms with Gasteiger partial charge in [-0.05, 0) is 33.6 Å². The van der Waals surface area contributed by atoms with Crippen LogP contribution in [-0.2, 0) is 16.0 Å². The Morgan fingerprint density at radius 2 is 2.10 bits per heavy atom. The van der Waals surface area contributed by atoms with Crippen molar-refractivity contribution in [2.45, 2.75) is 57.9 Å². The molecule has 2 fully saturated rings. The molecular formula is C15H26N4O2. The van der Waals surface area contributed by atoms with Gasteiger partial charge in [0.15, 0.2) is 0 Å². The third-order valence-corrected chi connectivity index (χ3v) is 4.12. The minimum absolute atomic E-state index is 0.122. The molecule has 118 valence electrons. The normalized spacial score (nSPS) is 26.2. The molecule has 1 saturated heterocycles. The van der Waals surface area contributed by atoms with Crippen molar-refractivity contribution >= 4 is 0 Å². The lowest BCUT2D eigenvalue weighted by Crippen LogP contribution is -2.53. The largest absolute Gasteiger partial charge is 0.382 e. The van der Waals surface area contributed by atoms with Crippen molar-refractivity contribution in [3.05, 3.63) is 11.6 Å². The molecule has 3 rings (SSSR count). The van der Waals surface area contributed by atoms with E-state index in [4.69, 9.17) is 9.47 Å². The van der Waals surface area contributed by atoms with E-state index in [1.54, 1.807) is 7.11 Å². The number of aryl methyl sites for hydroxylation is 1. The molecule has 2 aliphatic rings. The maximum Gasteiger partial charge on any atom is 0.147 e. The molecule has 1 aliphatic carbocycles. The minimum Gasteiger partial charge on any atom is -0.382 e. The van der Waals surface area contributed by atoms with Crippen LogP contribution in [0.1, 0.15) is 44.4 Å². The predicted molar refractivity (Wildman–Crippen MR) is 79.1 cm³/mol. The maximum absolute atomic E-state index is 6.07. The molecule has 6 nitrogen and oxygen atoms in total. The van der Waals surface area contributed by atoms with Gasteiger partial charge < -0.3 is 14.0 Å². The van der Waals surface area contributed by atoms with Crippen molar-refractivity contribution in [2.75, 3.05) is 26.8 Å². The number of nitrogens with zero attached hydrogens (tertiary/aromatic N) is 4. The van der Waals surface area contributed by atoms with Crippen LogP contribution >= 0.6 is 0 Å². The summed E-state index contributed by atoms with van der Waals surface area (Å²) in [7, 11) is 1.72. The molecule has 0 spiro atoms. The molecule has 21 heavy (non-hydrogen) atoms. The van der Waals surface area contributed by atoms with Gasteiger partial charge in [0.25, 0.3) is 0 Å². The van der Waals surface area contributed by atoms with Gasteiger partial charge in [-0.25, -0.2) is 0 Å². The summed E-state index contributed by atoms with van der Waals surface area (Å²) in [6.07, 6.45) is 2.64. The summed E-state index contributed by atoms with van der Waals surface area (Å²) in [5.41, 5.74) is -0.152. The first-order valence-corrected chi connectivity index (χ1v) is 7.78. The van der Waals surface area contributed by atoms with Crippen molar-refractivity contribution in [3.8, 4) is 0 Å². The van der Waals surface area contributed by atoms with E-state index in [1.165, 1.54) is 12.8 Å². The molecule has 0 unspecified atom stereocenters. The van der Waals surface area contributed by atoms with Gasteiger partial charge in [0.1, 0.15) is 11.6 Å². The number of rotatable bonds is 5. The molecule has 1 aromatic heterocycles. The topological polar surface area (TPSA) is 52.4 Å². The minimum atomic E-state index is -0.152. The summed E-state index contributed by atoms with van der Waals surface area (Å²) in [5.74, 6) is 2.12. The Balaban J connectivity index is 1.71. The number of hydrogen-bond acceptors (Lipinski definition) is 5. The van der Waals surface area contributed by atoms with Crippen LogP contribution in [0.25, 0.3) is 0 Å². The van der Waals surface area contributed by atoms with Crippen molar-refractivity contribution in [1.82, 2.24) is 19.7 Å². The molecule has 0 amide bonds. The summed E-state index contributed by atoms with van der Waals surface area (Å²) in [6.45, 7) is 9.58. The first-order valence-electron chi connectivity index (χ1n) is 7.78. The van der Waals surface area contributed by atoms with Crippen LogP contribution < -0.4 is 0 Å². The Hall–Kier alpha value is -0.980. The lowest BCUT2D eigenvalue weighted by molar-refractivity contribution is -0.154. The van der Waals surface area contributed by atoms with Crippen molar-refractivity contribution < 1.29 is 9.47 Å². The summed E-state index contributed by atoms with van der Waals surface area (Å²) >= 11 is 0. The van der Waals surface area contributed by atoms with Crippen LogP contribution in [0.4, 0.5) is 0 Å². The van der Waals surface area contributed by atoms with Crippen molar-refractivity contribution in [1.29, 1.82) is 0 Å². The lowest BCUT2D eigenvalue weighted by Gasteiger charge is -2.42. The summed E-state index contributed by atoms with van der Waals surface area (Å²) in [5, 5.41) is 8.65. The average molecular weight is 294 g/mol. The standard InChI is InChI=1S/C15H26N4O2/c1-11-16-17-14(19(11)12-5-6-12)8-18-7-13(9-20-4)21-15(2,3)10-18/h12-13H,5-10H2,1-4H3/t13-/m0/s1. The first kappa shape index (κ1) is 14.9. The predicted octanol–water partition coefficient (Wildman–Crippen LogP) is 1.55. The van der Waals surface area contributed by atoms with Crippen LogP contribution in [0.2, 0.25) is 0 Å². The number of ether oxygens (including phenoxy) is 2. The fraction of sp³-hybridized carbons (Fsp3) is 0.867. The van der Waals surface area contributed by atoms with Crippen LogP contribution in [-0.4, -0.2) is 58.2 Å². The van der Waals surface area contributed by atoms with E-state index >= 15 is 0 Å². The molecule has 1 aliphatic heterocycles. The lowest BCUT2D eigenvalue weighted by atomic mass is 10.1. The zero-order valence-electron chi connectivity index (χ0n) is 13.5. The van der Waals surface area contributed by atoms with Gasteiger partial charge in [-0.1, -0.05) is 0 Å². The Morgan fingerprint density at radius 1 is 1.33 bits per heavy atom. The highest BCUT2D eigenvalue weighted by Gasteiger charge is 2.35. The Morgan fingerprint density at radius 3 is 2.76 bits per heavy atom. The number of morpholine rings is 1. The van der Waals surface area contributed by atoms with Gasteiger partial charge in [0.05, 0.1) is 24.9 Å². The molecule has 0 radical (unpaired) electrons. The highest BCUT2D eigenvalue weighted by Crippen LogP contribution is 2.36. The van der Waals surface area contributed by atoms with Gasteiger partial charge in [-0.2, -0.15) is 0 Å². The Bertz CT molecular complexity index is 496. The van der Waals surface area contributed by atoms with E-state index < -0.39 is 0 Å². The van der Waals surface area contributed by atoms with Gasteiger partial charge in [-0.3, -0.25) is 4.90 Å². The zero-order valence-corrected chi connectivity index (χ0v) is 13.5. The number of methoxy groups -OCH3 is 1. The highest BCUT2D eigenvalue weighted by atomic mass is 16.5. The number of aromatic nitrogens is 3. The molecular weight excluding hydrogens is 268 g/mol. The second-order valence-electron chi connectivity index (χ2n) is 6.89. The Labute approximate surface area is 126 Å². The fourth-order valence-corrected chi connectivity index (χ4v) is 3.34. The van der Waals surface area contributed by atoms with E-state index in [-0.39, 0.29) is 11.7 Å². The SMILES string of the molecule is COC[C@@H]1CN(Cc2nnc(C)n2C2CC2)CC(C)(C)O1. The van der Waals surface area contributed by atoms with E-state index in [0.29, 0.717) is 12.6 Å². The molecule has 1 saturated carbocycles. The summed E-state index contributed by atoms with van der Waals surface area (Å²) in [4.78, 5) is 2.41. The first-order chi connectivity index (χ1) is 9.98. The van der Waals surface area contributed by atoms with Gasteiger partial charge >= 0.3 is 0 Å². The van der Waals surface area contributed by atoms with Crippen LogP contribution in [0.15, 0.2) is 0 Å². The van der Waals surface area contributed by atoms with Gasteiger partial charge in [-0.15, -0.1) is 10.2 Å². The van der Waals surface area contributed by atoms with E-state index in [1.807, 2.05) is 6.92 Å². The van der Waals surface area contributed by atoms with E-state index in [2.05, 4.69) is 33.5 Å². The smallest absolute Gasteiger partial charge is 0.147 e. The second kappa shape index (κ2) is 5.66. The quantitative estimate of drug-likeness (QED) is 0.824. The zero-order chi connectivity index (χ0) is 15.0. The molecule has 1 aromatic rings. The average Bonchev–Trinajstić information content (AvgIpc) is 3.14. The number of hydrogen-bond donors (Lipinski definition) is 0. The molecule has 0 bridgehead atoms. The molecule has 1 atom stereocenters. The van der Waals surface area contributed by atoms with Crippen LogP contribution in [0.3, 0.4) is 0 Å². The van der Waals surface area contributed by atoms with Crippen LogP contribution in [0, 0.1) is 6.92 Å². The third kappa shape index (κ3) is 3.44. The van der Waals surface area contributed by atoms with Crippen molar-refractivity contribution in [3.63, 3.8) is 0 Å². The molecule has 0 aromatic carbocycles. The van der Waals surface area contributed by atoms with Gasteiger partial charge in [0, 0.05) is 26.2 Å². The summed E-state index contributed by atoms with van der Waals surface area (Å²) < 4.78 is 13.6. The molecule has 6 heteroatoms. The monoisotopic (exact) mass is 294 g/mol. The Kier molecular flexibility index (Phi) is 4.03.